The number of hydrogen-bond donors (Lipinski definition) is 4. The molecule has 0 aliphatic carbocycles. The lowest BCUT2D eigenvalue weighted by atomic mass is 10.5. The van der Waals surface area contributed by atoms with Crippen molar-refractivity contribution in [2.75, 3.05) is 13.2 Å². The van der Waals surface area contributed by atoms with Crippen LogP contribution in [0.15, 0.2) is 0 Å². The smallest absolute Gasteiger partial charge is 0.114 e. The molecule has 0 bridgehead atoms. The lowest BCUT2D eigenvalue weighted by Gasteiger charge is -2.07. The summed E-state index contributed by atoms with van der Waals surface area (Å²) in [5.41, 5.74) is 5.30. The number of aliphatic hydroxyl groups is 2. The van der Waals surface area contributed by atoms with E-state index in [1.165, 1.54) is 0 Å². The summed E-state index contributed by atoms with van der Waals surface area (Å²) < 4.78 is 0. The van der Waals surface area contributed by atoms with Gasteiger partial charge in [0.2, 0.25) is 0 Å². The highest BCUT2D eigenvalue weighted by molar-refractivity contribution is 4.40. The summed E-state index contributed by atoms with van der Waals surface area (Å²) in [6.07, 6.45) is 0.156. The topological polar surface area (TPSA) is 64.5 Å². The predicted molar refractivity (Wildman–Crippen MR) is 34.5 cm³/mol. The number of rotatable bonds is 5. The lowest BCUT2D eigenvalue weighted by molar-refractivity contribution is 0.136. The number of nitrogens with one attached hydrogen (secondary N) is 2. The first-order valence-corrected chi connectivity index (χ1v) is 3.04. The van der Waals surface area contributed by atoms with Gasteiger partial charge in [-0.05, 0) is 13.3 Å². The van der Waals surface area contributed by atoms with Crippen LogP contribution >= 0.6 is 0 Å². The molecule has 4 heteroatoms. The molecular formula is C5H14N2O2. The minimum Gasteiger partial charge on any atom is -0.396 e. The molecule has 0 aliphatic heterocycles. The molecule has 0 amide bonds. The highest BCUT2D eigenvalue weighted by Gasteiger charge is 1.89. The third-order valence-electron chi connectivity index (χ3n) is 0.771. The maximum atomic E-state index is 8.62. The summed E-state index contributed by atoms with van der Waals surface area (Å²) in [7, 11) is 0. The van der Waals surface area contributed by atoms with Gasteiger partial charge in [-0.1, -0.05) is 0 Å². The zero-order chi connectivity index (χ0) is 7.11. The van der Waals surface area contributed by atoms with Gasteiger partial charge in [0.25, 0.3) is 0 Å². The van der Waals surface area contributed by atoms with Crippen LogP contribution in [-0.4, -0.2) is 29.6 Å². The van der Waals surface area contributed by atoms with Gasteiger partial charge in [-0.15, -0.1) is 0 Å². The molecule has 0 aromatic heterocycles. The highest BCUT2D eigenvalue weighted by Crippen LogP contribution is 1.70. The van der Waals surface area contributed by atoms with Gasteiger partial charge >= 0.3 is 0 Å². The molecule has 0 saturated carbocycles. The molecule has 0 heterocycles. The zero-order valence-electron chi connectivity index (χ0n) is 5.59. The van der Waals surface area contributed by atoms with E-state index in [1.54, 1.807) is 6.92 Å². The Hall–Kier alpha value is -0.160. The van der Waals surface area contributed by atoms with Crippen LogP contribution in [0, 0.1) is 0 Å². The fourth-order valence-corrected chi connectivity index (χ4v) is 0.387. The molecule has 1 unspecified atom stereocenters. The van der Waals surface area contributed by atoms with Gasteiger partial charge < -0.3 is 10.2 Å². The molecule has 0 aliphatic rings. The van der Waals surface area contributed by atoms with Crippen molar-refractivity contribution < 1.29 is 10.2 Å². The molecule has 0 spiro atoms. The monoisotopic (exact) mass is 134 g/mol. The van der Waals surface area contributed by atoms with Crippen LogP contribution in [0.1, 0.15) is 13.3 Å². The van der Waals surface area contributed by atoms with Crippen LogP contribution in [0.2, 0.25) is 0 Å². The van der Waals surface area contributed by atoms with Gasteiger partial charge in [0, 0.05) is 13.2 Å². The molecule has 56 valence electrons. The standard InChI is InChI=1S/C5H14N2O2/c1-5(9)7-6-3-2-4-8/h5-9H,2-4H2,1H3. The third-order valence-corrected chi connectivity index (χ3v) is 0.771. The van der Waals surface area contributed by atoms with E-state index in [1.807, 2.05) is 0 Å². The van der Waals surface area contributed by atoms with E-state index in [2.05, 4.69) is 10.9 Å². The second kappa shape index (κ2) is 5.97. The third kappa shape index (κ3) is 7.84. The highest BCUT2D eigenvalue weighted by atomic mass is 16.3. The van der Waals surface area contributed by atoms with E-state index in [0.29, 0.717) is 13.0 Å². The van der Waals surface area contributed by atoms with Gasteiger partial charge in [-0.25, -0.2) is 5.43 Å². The van der Waals surface area contributed by atoms with Crippen LogP contribution in [-0.2, 0) is 0 Å². The Morgan fingerprint density at radius 3 is 2.67 bits per heavy atom. The first-order valence-electron chi connectivity index (χ1n) is 3.04. The van der Waals surface area contributed by atoms with E-state index in [0.717, 1.165) is 0 Å². The van der Waals surface area contributed by atoms with Crippen LogP contribution in [0.3, 0.4) is 0 Å². The lowest BCUT2D eigenvalue weighted by Crippen LogP contribution is -2.39. The summed E-state index contributed by atoms with van der Waals surface area (Å²) >= 11 is 0. The fourth-order valence-electron chi connectivity index (χ4n) is 0.387. The van der Waals surface area contributed by atoms with E-state index < -0.39 is 6.23 Å². The number of aliphatic hydroxyl groups excluding tert-OH is 2. The van der Waals surface area contributed by atoms with Crippen molar-refractivity contribution in [3.05, 3.63) is 0 Å². The average Bonchev–Trinajstić information content (AvgIpc) is 1.80. The molecule has 4 N–H and O–H groups in total. The molecule has 0 rings (SSSR count). The SMILES string of the molecule is CC(O)NNCCCO. The van der Waals surface area contributed by atoms with Crippen molar-refractivity contribution in [3.63, 3.8) is 0 Å². The zero-order valence-corrected chi connectivity index (χ0v) is 5.59. The summed E-state index contributed by atoms with van der Waals surface area (Å²) in [5.74, 6) is 0. The average molecular weight is 134 g/mol. The maximum absolute atomic E-state index is 8.62. The molecular weight excluding hydrogens is 120 g/mol. The molecule has 4 nitrogen and oxygen atoms in total. The first-order chi connectivity index (χ1) is 4.27. The Kier molecular flexibility index (Phi) is 5.86. The van der Waals surface area contributed by atoms with Crippen molar-refractivity contribution >= 4 is 0 Å². The Bertz CT molecular complexity index is 58.9. The summed E-state index contributed by atoms with van der Waals surface area (Å²) in [6.45, 7) is 2.46. The first kappa shape index (κ1) is 8.84. The molecule has 0 aromatic carbocycles. The summed E-state index contributed by atoms with van der Waals surface area (Å²) in [4.78, 5) is 0. The van der Waals surface area contributed by atoms with Gasteiger partial charge in [0.15, 0.2) is 0 Å². The minimum absolute atomic E-state index is 0.175. The van der Waals surface area contributed by atoms with Crippen LogP contribution in [0.25, 0.3) is 0 Å². The predicted octanol–water partition coefficient (Wildman–Crippen LogP) is -1.20. The Labute approximate surface area is 54.9 Å². The molecule has 0 radical (unpaired) electrons. The Morgan fingerprint density at radius 2 is 2.22 bits per heavy atom. The molecule has 0 saturated heterocycles. The molecule has 9 heavy (non-hydrogen) atoms. The second-order valence-corrected chi connectivity index (χ2v) is 1.82. The maximum Gasteiger partial charge on any atom is 0.114 e. The second-order valence-electron chi connectivity index (χ2n) is 1.82. The molecule has 0 aromatic rings. The Morgan fingerprint density at radius 1 is 1.56 bits per heavy atom. The van der Waals surface area contributed by atoms with E-state index >= 15 is 0 Å². The van der Waals surface area contributed by atoms with Crippen molar-refractivity contribution in [1.82, 2.24) is 10.9 Å². The van der Waals surface area contributed by atoms with E-state index in [-0.39, 0.29) is 6.61 Å². The number of hydrogen-bond acceptors (Lipinski definition) is 4. The largest absolute Gasteiger partial charge is 0.396 e. The van der Waals surface area contributed by atoms with Crippen LogP contribution in [0.5, 0.6) is 0 Å². The van der Waals surface area contributed by atoms with E-state index in [4.69, 9.17) is 10.2 Å². The quantitative estimate of drug-likeness (QED) is 0.217. The fraction of sp³-hybridized carbons (Fsp3) is 1.00. The van der Waals surface area contributed by atoms with Crippen molar-refractivity contribution in [3.8, 4) is 0 Å². The molecule has 0 fully saturated rings. The summed E-state index contributed by atoms with van der Waals surface area (Å²) in [5, 5.41) is 16.9. The summed E-state index contributed by atoms with van der Waals surface area (Å²) in [6, 6.07) is 0. The molecule has 1 atom stereocenters. The Balaban J connectivity index is 2.75. The van der Waals surface area contributed by atoms with Crippen molar-refractivity contribution in [2.45, 2.75) is 19.6 Å². The van der Waals surface area contributed by atoms with Gasteiger partial charge in [0.05, 0.1) is 0 Å². The number of hydrazine groups is 1. The normalized spacial score (nSPS) is 13.7. The van der Waals surface area contributed by atoms with Gasteiger partial charge in [-0.2, -0.15) is 0 Å². The van der Waals surface area contributed by atoms with Gasteiger partial charge in [0.1, 0.15) is 6.23 Å². The van der Waals surface area contributed by atoms with Crippen LogP contribution < -0.4 is 10.9 Å². The minimum atomic E-state index is -0.538. The van der Waals surface area contributed by atoms with E-state index in [9.17, 15) is 0 Å². The van der Waals surface area contributed by atoms with Crippen molar-refractivity contribution in [1.29, 1.82) is 0 Å². The van der Waals surface area contributed by atoms with Crippen LogP contribution in [0.4, 0.5) is 0 Å². The van der Waals surface area contributed by atoms with Gasteiger partial charge in [-0.3, -0.25) is 5.43 Å². The van der Waals surface area contributed by atoms with Crippen molar-refractivity contribution in [2.24, 2.45) is 0 Å².